The summed E-state index contributed by atoms with van der Waals surface area (Å²) in [6, 6.07) is 15.3. The van der Waals surface area contributed by atoms with Crippen LogP contribution in [0.25, 0.3) is 0 Å². The SMILES string of the molecule is O=C(CCC(=O)N/N=C/c1cccc([N+](=O)[O-])c1)NCc1ccccc1. The van der Waals surface area contributed by atoms with Crippen molar-refractivity contribution in [3.8, 4) is 0 Å². The Morgan fingerprint density at radius 1 is 1.04 bits per heavy atom. The minimum Gasteiger partial charge on any atom is -0.352 e. The van der Waals surface area contributed by atoms with Crippen molar-refractivity contribution in [2.24, 2.45) is 5.10 Å². The Labute approximate surface area is 150 Å². The number of nitro benzene ring substituents is 1. The summed E-state index contributed by atoms with van der Waals surface area (Å²) in [5.41, 5.74) is 3.69. The highest BCUT2D eigenvalue weighted by molar-refractivity contribution is 5.85. The van der Waals surface area contributed by atoms with Crippen LogP contribution in [0.1, 0.15) is 24.0 Å². The van der Waals surface area contributed by atoms with Crippen LogP contribution in [-0.4, -0.2) is 23.0 Å². The molecule has 2 N–H and O–H groups in total. The second-order valence-corrected chi connectivity index (χ2v) is 5.41. The summed E-state index contributed by atoms with van der Waals surface area (Å²) < 4.78 is 0. The maximum atomic E-state index is 11.7. The molecule has 0 radical (unpaired) electrons. The molecule has 2 rings (SSSR count). The molecule has 0 atom stereocenters. The summed E-state index contributed by atoms with van der Waals surface area (Å²) in [5.74, 6) is -0.645. The van der Waals surface area contributed by atoms with E-state index < -0.39 is 10.8 Å². The number of hydrogen-bond acceptors (Lipinski definition) is 5. The average molecular weight is 354 g/mol. The third-order valence-electron chi connectivity index (χ3n) is 3.40. The number of amides is 2. The second-order valence-electron chi connectivity index (χ2n) is 5.41. The van der Waals surface area contributed by atoms with Crippen LogP contribution < -0.4 is 10.7 Å². The molecule has 0 unspecified atom stereocenters. The van der Waals surface area contributed by atoms with Gasteiger partial charge in [-0.3, -0.25) is 19.7 Å². The lowest BCUT2D eigenvalue weighted by molar-refractivity contribution is -0.384. The van der Waals surface area contributed by atoms with Gasteiger partial charge in [-0.2, -0.15) is 5.10 Å². The van der Waals surface area contributed by atoms with Crippen LogP contribution in [0, 0.1) is 10.1 Å². The van der Waals surface area contributed by atoms with E-state index in [1.807, 2.05) is 30.3 Å². The molecule has 0 bridgehead atoms. The first-order chi connectivity index (χ1) is 12.5. The number of benzene rings is 2. The van der Waals surface area contributed by atoms with Gasteiger partial charge in [0.2, 0.25) is 11.8 Å². The third-order valence-corrected chi connectivity index (χ3v) is 3.40. The van der Waals surface area contributed by atoms with Crippen LogP contribution in [0.15, 0.2) is 59.7 Å². The fourth-order valence-corrected chi connectivity index (χ4v) is 2.07. The van der Waals surface area contributed by atoms with Crippen LogP contribution in [0.2, 0.25) is 0 Å². The van der Waals surface area contributed by atoms with Crippen molar-refractivity contribution in [1.82, 2.24) is 10.7 Å². The number of rotatable bonds is 8. The molecule has 0 aromatic heterocycles. The molecule has 2 aromatic carbocycles. The standard InChI is InChI=1S/C18H18N4O4/c23-17(19-12-14-5-2-1-3-6-14)9-10-18(24)21-20-13-15-7-4-8-16(11-15)22(25)26/h1-8,11,13H,9-10,12H2,(H,19,23)(H,21,24)/b20-13+. The Balaban J connectivity index is 1.70. The summed E-state index contributed by atoms with van der Waals surface area (Å²) in [5, 5.41) is 17.1. The van der Waals surface area contributed by atoms with Crippen LogP contribution in [0.5, 0.6) is 0 Å². The van der Waals surface area contributed by atoms with Gasteiger partial charge in [-0.05, 0) is 5.56 Å². The molecule has 134 valence electrons. The average Bonchev–Trinajstić information content (AvgIpc) is 2.66. The van der Waals surface area contributed by atoms with Gasteiger partial charge in [0.05, 0.1) is 11.1 Å². The molecule has 8 nitrogen and oxygen atoms in total. The van der Waals surface area contributed by atoms with Gasteiger partial charge >= 0.3 is 0 Å². The van der Waals surface area contributed by atoms with E-state index in [0.29, 0.717) is 12.1 Å². The number of non-ortho nitro benzene ring substituents is 1. The number of hydrogen-bond donors (Lipinski definition) is 2. The number of carbonyl (C=O) groups excluding carboxylic acids is 2. The quantitative estimate of drug-likeness (QED) is 0.429. The van der Waals surface area contributed by atoms with Crippen molar-refractivity contribution in [3.63, 3.8) is 0 Å². The topological polar surface area (TPSA) is 114 Å². The molecular weight excluding hydrogens is 336 g/mol. The van der Waals surface area contributed by atoms with Crippen molar-refractivity contribution >= 4 is 23.7 Å². The lowest BCUT2D eigenvalue weighted by atomic mass is 10.2. The van der Waals surface area contributed by atoms with Crippen LogP contribution in [0.4, 0.5) is 5.69 Å². The van der Waals surface area contributed by atoms with Crippen molar-refractivity contribution in [3.05, 3.63) is 75.8 Å². The van der Waals surface area contributed by atoms with Gasteiger partial charge in [0.15, 0.2) is 0 Å². The minimum atomic E-state index is -0.510. The number of hydrazone groups is 1. The lowest BCUT2D eigenvalue weighted by Gasteiger charge is -2.04. The normalized spacial score (nSPS) is 10.5. The zero-order valence-electron chi connectivity index (χ0n) is 13.9. The van der Waals surface area contributed by atoms with E-state index in [0.717, 1.165) is 5.56 Å². The van der Waals surface area contributed by atoms with Gasteiger partial charge in [-0.25, -0.2) is 5.43 Å². The predicted molar refractivity (Wildman–Crippen MR) is 96.4 cm³/mol. The molecule has 0 aliphatic carbocycles. The molecule has 0 aliphatic heterocycles. The van der Waals surface area contributed by atoms with E-state index in [9.17, 15) is 19.7 Å². The predicted octanol–water partition coefficient (Wildman–Crippen LogP) is 2.14. The number of carbonyl (C=O) groups is 2. The molecule has 2 amide bonds. The highest BCUT2D eigenvalue weighted by Gasteiger charge is 2.07. The number of nitrogens with one attached hydrogen (secondary N) is 2. The Morgan fingerprint density at radius 3 is 2.50 bits per heavy atom. The summed E-state index contributed by atoms with van der Waals surface area (Å²) in [7, 11) is 0. The first-order valence-electron chi connectivity index (χ1n) is 7.91. The van der Waals surface area contributed by atoms with E-state index in [-0.39, 0.29) is 24.4 Å². The lowest BCUT2D eigenvalue weighted by Crippen LogP contribution is -2.25. The molecule has 2 aromatic rings. The Hall–Kier alpha value is -3.55. The molecule has 0 saturated heterocycles. The second kappa shape index (κ2) is 9.67. The van der Waals surface area contributed by atoms with Crippen LogP contribution in [-0.2, 0) is 16.1 Å². The van der Waals surface area contributed by atoms with E-state index in [1.165, 1.54) is 24.4 Å². The van der Waals surface area contributed by atoms with E-state index in [4.69, 9.17) is 0 Å². The molecule has 0 saturated carbocycles. The largest absolute Gasteiger partial charge is 0.352 e. The summed E-state index contributed by atoms with van der Waals surface area (Å²) >= 11 is 0. The fourth-order valence-electron chi connectivity index (χ4n) is 2.07. The third kappa shape index (κ3) is 6.52. The van der Waals surface area contributed by atoms with Gasteiger partial charge in [0.25, 0.3) is 5.69 Å². The summed E-state index contributed by atoms with van der Waals surface area (Å²) in [6.45, 7) is 0.409. The molecule has 0 heterocycles. The highest BCUT2D eigenvalue weighted by Crippen LogP contribution is 2.11. The molecule has 0 spiro atoms. The highest BCUT2D eigenvalue weighted by atomic mass is 16.6. The fraction of sp³-hybridized carbons (Fsp3) is 0.167. The van der Waals surface area contributed by atoms with Crippen LogP contribution in [0.3, 0.4) is 0 Å². The van der Waals surface area contributed by atoms with Crippen molar-refractivity contribution < 1.29 is 14.5 Å². The molecular formula is C18H18N4O4. The Kier molecular flexibility index (Phi) is 6.99. The maximum Gasteiger partial charge on any atom is 0.270 e. The van der Waals surface area contributed by atoms with E-state index in [2.05, 4.69) is 15.8 Å². The first-order valence-corrected chi connectivity index (χ1v) is 7.91. The van der Waals surface area contributed by atoms with Gasteiger partial charge < -0.3 is 5.32 Å². The Morgan fingerprint density at radius 2 is 1.77 bits per heavy atom. The Bertz CT molecular complexity index is 806. The summed E-state index contributed by atoms with van der Waals surface area (Å²) in [4.78, 5) is 33.6. The zero-order valence-corrected chi connectivity index (χ0v) is 13.9. The van der Waals surface area contributed by atoms with Gasteiger partial charge in [-0.1, -0.05) is 42.5 Å². The van der Waals surface area contributed by atoms with E-state index in [1.54, 1.807) is 6.07 Å². The zero-order chi connectivity index (χ0) is 18.8. The number of nitrogens with zero attached hydrogens (tertiary/aromatic N) is 2. The van der Waals surface area contributed by atoms with Gasteiger partial charge in [0, 0.05) is 37.1 Å². The van der Waals surface area contributed by atoms with Crippen molar-refractivity contribution in [1.29, 1.82) is 0 Å². The first kappa shape index (κ1) is 18.8. The maximum absolute atomic E-state index is 11.7. The van der Waals surface area contributed by atoms with Crippen LogP contribution >= 0.6 is 0 Å². The molecule has 26 heavy (non-hydrogen) atoms. The van der Waals surface area contributed by atoms with Gasteiger partial charge in [0.1, 0.15) is 0 Å². The van der Waals surface area contributed by atoms with Gasteiger partial charge in [-0.15, -0.1) is 0 Å². The van der Waals surface area contributed by atoms with E-state index >= 15 is 0 Å². The molecule has 0 aliphatic rings. The molecule has 0 fully saturated rings. The summed E-state index contributed by atoms with van der Waals surface area (Å²) in [6.07, 6.45) is 1.35. The van der Waals surface area contributed by atoms with Crippen molar-refractivity contribution in [2.45, 2.75) is 19.4 Å². The smallest absolute Gasteiger partial charge is 0.270 e. The van der Waals surface area contributed by atoms with Crippen molar-refractivity contribution in [2.75, 3.05) is 0 Å². The monoisotopic (exact) mass is 354 g/mol. The number of nitro groups is 1. The molecule has 8 heteroatoms. The minimum absolute atomic E-state index is 0.00704.